The highest BCUT2D eigenvalue weighted by molar-refractivity contribution is 5.91. The van der Waals surface area contributed by atoms with Gasteiger partial charge >= 0.3 is 0 Å². The predicted octanol–water partition coefficient (Wildman–Crippen LogP) is 4.43. The molecule has 2 aliphatic rings. The first-order chi connectivity index (χ1) is 16.1. The van der Waals surface area contributed by atoms with Crippen LogP contribution >= 0.6 is 0 Å². The Kier molecular flexibility index (Phi) is 6.05. The fraction of sp³-hybridized carbons (Fsp3) is 0.385. The van der Waals surface area contributed by atoms with E-state index in [9.17, 15) is 4.79 Å². The number of nitrogens with one attached hydrogen (secondary N) is 1. The molecule has 172 valence electrons. The lowest BCUT2D eigenvalue weighted by Gasteiger charge is -2.25. The molecule has 1 aromatic heterocycles. The van der Waals surface area contributed by atoms with Gasteiger partial charge in [0.25, 0.3) is 0 Å². The van der Waals surface area contributed by atoms with Crippen molar-refractivity contribution in [3.8, 4) is 17.2 Å². The van der Waals surface area contributed by atoms with E-state index in [0.29, 0.717) is 25.6 Å². The molecule has 0 radical (unpaired) electrons. The third-order valence-corrected chi connectivity index (χ3v) is 6.24. The number of carbonyl (C=O) groups is 1. The maximum absolute atomic E-state index is 13.0. The molecular formula is C26H30N4O3. The number of fused-ring (bicyclic) bond motifs is 1. The number of carbonyl (C=O) groups excluding carboxylic acids is 1. The van der Waals surface area contributed by atoms with E-state index in [1.54, 1.807) is 4.68 Å². The topological polar surface area (TPSA) is 68.6 Å². The predicted molar refractivity (Wildman–Crippen MR) is 127 cm³/mol. The molecular weight excluding hydrogens is 416 g/mol. The van der Waals surface area contributed by atoms with Crippen LogP contribution in [0.4, 0.5) is 5.82 Å². The lowest BCUT2D eigenvalue weighted by molar-refractivity contribution is -0.117. The molecule has 0 saturated carbocycles. The fourth-order valence-corrected chi connectivity index (χ4v) is 4.62. The molecule has 5 rings (SSSR count). The molecule has 7 nitrogen and oxygen atoms in total. The summed E-state index contributed by atoms with van der Waals surface area (Å²) in [4.78, 5) is 15.3. The molecule has 0 bridgehead atoms. The zero-order chi connectivity index (χ0) is 22.8. The summed E-state index contributed by atoms with van der Waals surface area (Å²) in [6.07, 6.45) is 2.97. The van der Waals surface area contributed by atoms with E-state index in [4.69, 9.17) is 9.47 Å². The van der Waals surface area contributed by atoms with Crippen molar-refractivity contribution in [2.75, 3.05) is 31.6 Å². The Balaban J connectivity index is 1.29. The van der Waals surface area contributed by atoms with Crippen LogP contribution in [0, 0.1) is 13.8 Å². The second-order valence-corrected chi connectivity index (χ2v) is 8.85. The average Bonchev–Trinajstić information content (AvgIpc) is 3.32. The highest BCUT2D eigenvalue weighted by Crippen LogP contribution is 2.37. The number of aryl methyl sites for hydroxylation is 2. The molecule has 2 aromatic carbocycles. The van der Waals surface area contributed by atoms with Crippen molar-refractivity contribution in [2.45, 2.75) is 39.2 Å². The zero-order valence-corrected chi connectivity index (χ0v) is 19.2. The number of hydrogen-bond acceptors (Lipinski definition) is 5. The zero-order valence-electron chi connectivity index (χ0n) is 19.2. The maximum atomic E-state index is 13.0. The monoisotopic (exact) mass is 446 g/mol. The van der Waals surface area contributed by atoms with Gasteiger partial charge in [-0.2, -0.15) is 5.10 Å². The van der Waals surface area contributed by atoms with Crippen molar-refractivity contribution in [1.29, 1.82) is 0 Å². The molecule has 3 heterocycles. The summed E-state index contributed by atoms with van der Waals surface area (Å²) < 4.78 is 13.4. The van der Waals surface area contributed by atoms with Crippen LogP contribution in [0.25, 0.3) is 5.69 Å². The van der Waals surface area contributed by atoms with Crippen molar-refractivity contribution in [2.24, 2.45) is 0 Å². The van der Waals surface area contributed by atoms with Gasteiger partial charge in [-0.25, -0.2) is 4.68 Å². The Morgan fingerprint density at radius 2 is 1.82 bits per heavy atom. The highest BCUT2D eigenvalue weighted by atomic mass is 16.5. The van der Waals surface area contributed by atoms with Crippen LogP contribution < -0.4 is 14.8 Å². The Morgan fingerprint density at radius 1 is 1.03 bits per heavy atom. The molecule has 0 aliphatic carbocycles. The van der Waals surface area contributed by atoms with Crippen molar-refractivity contribution in [3.63, 3.8) is 0 Å². The molecule has 2 aliphatic heterocycles. The molecule has 1 N–H and O–H groups in total. The van der Waals surface area contributed by atoms with E-state index in [1.807, 2.05) is 43.3 Å². The average molecular weight is 447 g/mol. The van der Waals surface area contributed by atoms with Gasteiger partial charge in [0.2, 0.25) is 5.91 Å². The van der Waals surface area contributed by atoms with Crippen LogP contribution in [0.1, 0.15) is 42.1 Å². The van der Waals surface area contributed by atoms with Gasteiger partial charge in [-0.1, -0.05) is 23.8 Å². The van der Waals surface area contributed by atoms with Crippen molar-refractivity contribution < 1.29 is 14.3 Å². The van der Waals surface area contributed by atoms with E-state index in [0.717, 1.165) is 48.7 Å². The number of likely N-dealkylation sites (tertiary alicyclic amines) is 1. The first-order valence-corrected chi connectivity index (χ1v) is 11.6. The summed E-state index contributed by atoms with van der Waals surface area (Å²) >= 11 is 0. The number of ether oxygens (including phenoxy) is 2. The Morgan fingerprint density at radius 3 is 2.64 bits per heavy atom. The van der Waals surface area contributed by atoms with Crippen LogP contribution in [0.2, 0.25) is 0 Å². The SMILES string of the molecule is Cc1ccc(-n2nc(C)cc2NC(=O)CN2CCCC2c2ccc3c(c2)OCCCO3)cc1. The number of rotatable bonds is 5. The van der Waals surface area contributed by atoms with Crippen molar-refractivity contribution >= 4 is 11.7 Å². The third kappa shape index (κ3) is 4.73. The van der Waals surface area contributed by atoms with Crippen LogP contribution in [0.5, 0.6) is 11.5 Å². The fourth-order valence-electron chi connectivity index (χ4n) is 4.62. The normalized spacial score (nSPS) is 18.2. The van der Waals surface area contributed by atoms with E-state index in [-0.39, 0.29) is 11.9 Å². The summed E-state index contributed by atoms with van der Waals surface area (Å²) in [6, 6.07) is 16.4. The van der Waals surface area contributed by atoms with Gasteiger partial charge in [-0.15, -0.1) is 0 Å². The standard InChI is InChI=1S/C26H30N4O3/c1-18-6-9-21(10-7-18)30-25(15-19(2)28-30)27-26(31)17-29-12-3-5-22(29)20-8-11-23-24(16-20)33-14-4-13-32-23/h6-11,15-16,22H,3-5,12-14,17H2,1-2H3,(H,27,31). The highest BCUT2D eigenvalue weighted by Gasteiger charge is 2.29. The van der Waals surface area contributed by atoms with Gasteiger partial charge in [-0.3, -0.25) is 9.69 Å². The minimum absolute atomic E-state index is 0.0375. The van der Waals surface area contributed by atoms with Gasteiger partial charge < -0.3 is 14.8 Å². The number of aromatic nitrogens is 2. The van der Waals surface area contributed by atoms with Crippen LogP contribution in [-0.4, -0.2) is 46.9 Å². The summed E-state index contributed by atoms with van der Waals surface area (Å²) in [6.45, 7) is 6.56. The molecule has 1 atom stereocenters. The summed E-state index contributed by atoms with van der Waals surface area (Å²) in [5.41, 5.74) is 4.14. The first-order valence-electron chi connectivity index (χ1n) is 11.6. The van der Waals surface area contributed by atoms with Crippen LogP contribution in [0.15, 0.2) is 48.5 Å². The molecule has 0 spiro atoms. The van der Waals surface area contributed by atoms with E-state index in [1.165, 1.54) is 11.1 Å². The number of benzene rings is 2. The quantitative estimate of drug-likeness (QED) is 0.628. The second-order valence-electron chi connectivity index (χ2n) is 8.85. The third-order valence-electron chi connectivity index (χ3n) is 6.24. The number of amides is 1. The number of anilines is 1. The van der Waals surface area contributed by atoms with E-state index < -0.39 is 0 Å². The van der Waals surface area contributed by atoms with E-state index in [2.05, 4.69) is 34.4 Å². The van der Waals surface area contributed by atoms with Gasteiger partial charge in [0.05, 0.1) is 31.1 Å². The first kappa shape index (κ1) is 21.5. The molecule has 1 saturated heterocycles. The minimum atomic E-state index is -0.0375. The van der Waals surface area contributed by atoms with Gasteiger partial charge in [0, 0.05) is 18.5 Å². The minimum Gasteiger partial charge on any atom is -0.490 e. The molecule has 7 heteroatoms. The Bertz CT molecular complexity index is 1140. The van der Waals surface area contributed by atoms with Gasteiger partial charge in [-0.05, 0) is 63.1 Å². The lowest BCUT2D eigenvalue weighted by Crippen LogP contribution is -2.33. The van der Waals surface area contributed by atoms with Crippen molar-refractivity contribution in [1.82, 2.24) is 14.7 Å². The largest absolute Gasteiger partial charge is 0.490 e. The molecule has 33 heavy (non-hydrogen) atoms. The summed E-state index contributed by atoms with van der Waals surface area (Å²) in [7, 11) is 0. The Hall–Kier alpha value is -3.32. The number of nitrogens with zero attached hydrogens (tertiary/aromatic N) is 3. The maximum Gasteiger partial charge on any atom is 0.239 e. The summed E-state index contributed by atoms with van der Waals surface area (Å²) in [5, 5.41) is 7.65. The Labute approximate surface area is 194 Å². The van der Waals surface area contributed by atoms with Crippen LogP contribution in [-0.2, 0) is 4.79 Å². The molecule has 1 fully saturated rings. The summed E-state index contributed by atoms with van der Waals surface area (Å²) in [5.74, 6) is 2.26. The van der Waals surface area contributed by atoms with Crippen LogP contribution in [0.3, 0.4) is 0 Å². The molecule has 1 amide bonds. The van der Waals surface area contributed by atoms with Gasteiger partial charge in [0.1, 0.15) is 5.82 Å². The van der Waals surface area contributed by atoms with E-state index >= 15 is 0 Å². The molecule has 3 aromatic rings. The smallest absolute Gasteiger partial charge is 0.239 e. The second kappa shape index (κ2) is 9.27. The lowest BCUT2D eigenvalue weighted by atomic mass is 10.0. The molecule has 1 unspecified atom stereocenters. The van der Waals surface area contributed by atoms with Crippen molar-refractivity contribution in [3.05, 3.63) is 65.4 Å². The number of hydrogen-bond donors (Lipinski definition) is 1. The van der Waals surface area contributed by atoms with Gasteiger partial charge in [0.15, 0.2) is 11.5 Å².